The fraction of sp³-hybridized carbons (Fsp3) is 0.571. The van der Waals surface area contributed by atoms with Gasteiger partial charge in [0, 0.05) is 18.0 Å². The van der Waals surface area contributed by atoms with Crippen molar-refractivity contribution in [1.82, 2.24) is 5.32 Å². The SMILES string of the molecule is C=C(C)C(=O)NCCCCCN.O=C(/C=C/c1ccc(C2CCCCC2)cc1)C1CCC1. The normalized spacial score (nSPS) is 16.7. The molecule has 3 N–H and O–H groups in total. The largest absolute Gasteiger partial charge is 0.352 e. The summed E-state index contributed by atoms with van der Waals surface area (Å²) >= 11 is 0. The van der Waals surface area contributed by atoms with Crippen LogP contribution >= 0.6 is 0 Å². The molecule has 0 bridgehead atoms. The third-order valence-corrected chi connectivity index (χ3v) is 6.51. The Bertz CT molecular complexity index is 741. The Labute approximate surface area is 194 Å². The van der Waals surface area contributed by atoms with E-state index in [-0.39, 0.29) is 5.91 Å². The lowest BCUT2D eigenvalue weighted by Crippen LogP contribution is -2.24. The zero-order valence-corrected chi connectivity index (χ0v) is 19.9. The second kappa shape index (κ2) is 14.8. The fourth-order valence-electron chi connectivity index (χ4n) is 4.12. The van der Waals surface area contributed by atoms with Crippen LogP contribution in [0.4, 0.5) is 0 Å². The number of carbonyl (C=O) groups excluding carboxylic acids is 2. The molecule has 1 aromatic carbocycles. The van der Waals surface area contributed by atoms with Crippen molar-refractivity contribution in [3.8, 4) is 0 Å². The summed E-state index contributed by atoms with van der Waals surface area (Å²) in [5.74, 6) is 1.33. The van der Waals surface area contributed by atoms with Crippen molar-refractivity contribution in [3.63, 3.8) is 0 Å². The van der Waals surface area contributed by atoms with E-state index < -0.39 is 0 Å². The highest BCUT2D eigenvalue weighted by Gasteiger charge is 2.22. The van der Waals surface area contributed by atoms with Crippen LogP contribution in [0.15, 0.2) is 42.5 Å². The van der Waals surface area contributed by atoms with Crippen molar-refractivity contribution in [3.05, 3.63) is 53.6 Å². The molecule has 0 spiro atoms. The minimum Gasteiger partial charge on any atom is -0.352 e. The second-order valence-corrected chi connectivity index (χ2v) is 9.25. The quantitative estimate of drug-likeness (QED) is 0.351. The smallest absolute Gasteiger partial charge is 0.246 e. The van der Waals surface area contributed by atoms with Crippen molar-refractivity contribution < 1.29 is 9.59 Å². The van der Waals surface area contributed by atoms with Gasteiger partial charge in [0.05, 0.1) is 0 Å². The Kier molecular flexibility index (Phi) is 12.0. The van der Waals surface area contributed by atoms with Gasteiger partial charge < -0.3 is 11.1 Å². The Morgan fingerprint density at radius 1 is 1.00 bits per heavy atom. The Morgan fingerprint density at radius 3 is 2.25 bits per heavy atom. The molecule has 4 heteroatoms. The van der Waals surface area contributed by atoms with Gasteiger partial charge in [0.15, 0.2) is 5.78 Å². The first-order valence-electron chi connectivity index (χ1n) is 12.5. The molecular formula is C28H42N2O2. The van der Waals surface area contributed by atoms with Gasteiger partial charge >= 0.3 is 0 Å². The zero-order valence-electron chi connectivity index (χ0n) is 19.9. The molecule has 1 aromatic rings. The first kappa shape index (κ1) is 26.1. The maximum absolute atomic E-state index is 11.8. The van der Waals surface area contributed by atoms with Crippen molar-refractivity contribution >= 4 is 17.8 Å². The molecule has 2 fully saturated rings. The zero-order chi connectivity index (χ0) is 23.2. The van der Waals surface area contributed by atoms with Crippen LogP contribution in [-0.4, -0.2) is 24.8 Å². The molecule has 0 radical (unpaired) electrons. The lowest BCUT2D eigenvalue weighted by atomic mass is 9.82. The van der Waals surface area contributed by atoms with Crippen molar-refractivity contribution in [1.29, 1.82) is 0 Å². The molecule has 2 saturated carbocycles. The van der Waals surface area contributed by atoms with E-state index >= 15 is 0 Å². The van der Waals surface area contributed by atoms with Crippen LogP contribution in [0, 0.1) is 5.92 Å². The predicted molar refractivity (Wildman–Crippen MR) is 134 cm³/mol. The van der Waals surface area contributed by atoms with Gasteiger partial charge in [-0.05, 0) is 75.1 Å². The molecule has 0 aliphatic heterocycles. The summed E-state index contributed by atoms with van der Waals surface area (Å²) in [7, 11) is 0. The number of hydrogen-bond acceptors (Lipinski definition) is 3. The summed E-state index contributed by atoms with van der Waals surface area (Å²) in [5.41, 5.74) is 8.51. The van der Waals surface area contributed by atoms with Crippen LogP contribution in [0.2, 0.25) is 0 Å². The van der Waals surface area contributed by atoms with Gasteiger partial charge in [0.2, 0.25) is 5.91 Å². The van der Waals surface area contributed by atoms with E-state index in [4.69, 9.17) is 5.73 Å². The highest BCUT2D eigenvalue weighted by Crippen LogP contribution is 2.32. The molecule has 2 aliphatic carbocycles. The number of hydrogen-bond donors (Lipinski definition) is 2. The number of carbonyl (C=O) groups is 2. The molecule has 4 nitrogen and oxygen atoms in total. The molecule has 1 amide bonds. The maximum Gasteiger partial charge on any atom is 0.246 e. The molecule has 32 heavy (non-hydrogen) atoms. The molecule has 2 aliphatic rings. The summed E-state index contributed by atoms with van der Waals surface area (Å²) < 4.78 is 0. The molecule has 3 rings (SSSR count). The molecular weight excluding hydrogens is 396 g/mol. The summed E-state index contributed by atoms with van der Waals surface area (Å²) in [6.07, 6.45) is 17.1. The topological polar surface area (TPSA) is 72.2 Å². The van der Waals surface area contributed by atoms with Gasteiger partial charge in [-0.25, -0.2) is 0 Å². The van der Waals surface area contributed by atoms with E-state index in [1.165, 1.54) is 44.1 Å². The van der Waals surface area contributed by atoms with Crippen LogP contribution < -0.4 is 11.1 Å². The van der Waals surface area contributed by atoms with Crippen LogP contribution in [0.25, 0.3) is 6.08 Å². The van der Waals surface area contributed by atoms with Crippen LogP contribution in [-0.2, 0) is 9.59 Å². The molecule has 176 valence electrons. The van der Waals surface area contributed by atoms with E-state index in [2.05, 4.69) is 36.2 Å². The third-order valence-electron chi connectivity index (χ3n) is 6.51. The first-order chi connectivity index (χ1) is 15.5. The van der Waals surface area contributed by atoms with Crippen molar-refractivity contribution in [2.24, 2.45) is 11.7 Å². The number of rotatable bonds is 10. The summed E-state index contributed by atoms with van der Waals surface area (Å²) in [5, 5.41) is 2.76. The second-order valence-electron chi connectivity index (χ2n) is 9.25. The van der Waals surface area contributed by atoms with Gasteiger partial charge in [0.1, 0.15) is 0 Å². The highest BCUT2D eigenvalue weighted by atomic mass is 16.1. The van der Waals surface area contributed by atoms with Gasteiger partial charge in [-0.15, -0.1) is 0 Å². The van der Waals surface area contributed by atoms with E-state index in [1.54, 1.807) is 13.0 Å². The minimum atomic E-state index is -0.0530. The number of amides is 1. The lowest BCUT2D eigenvalue weighted by molar-refractivity contribution is -0.120. The molecule has 0 aromatic heterocycles. The van der Waals surface area contributed by atoms with Crippen LogP contribution in [0.1, 0.15) is 94.6 Å². The van der Waals surface area contributed by atoms with Crippen molar-refractivity contribution in [2.45, 2.75) is 83.5 Å². The average molecular weight is 439 g/mol. The summed E-state index contributed by atoms with van der Waals surface area (Å²) in [4.78, 5) is 22.8. The first-order valence-corrected chi connectivity index (χ1v) is 12.5. The van der Waals surface area contributed by atoms with Gasteiger partial charge in [-0.3, -0.25) is 9.59 Å². The number of unbranched alkanes of at least 4 members (excludes halogenated alkanes) is 2. The molecule has 0 unspecified atom stereocenters. The van der Waals surface area contributed by atoms with Crippen LogP contribution in [0.5, 0.6) is 0 Å². The van der Waals surface area contributed by atoms with E-state index in [0.717, 1.165) is 56.7 Å². The summed E-state index contributed by atoms with van der Waals surface area (Å²) in [6, 6.07) is 8.83. The number of nitrogens with two attached hydrogens (primary N) is 1. The highest BCUT2D eigenvalue weighted by molar-refractivity contribution is 5.95. The van der Waals surface area contributed by atoms with Gasteiger partial charge in [-0.1, -0.05) is 69.0 Å². The fourth-order valence-corrected chi connectivity index (χ4v) is 4.12. The standard InChI is InChI=1S/C19H24O.C9H18N2O/c20-19(18-7-4-8-18)14-11-15-9-12-17(13-10-15)16-5-2-1-3-6-16;1-8(2)9(12)11-7-5-3-4-6-10/h9-14,16,18H,1-8H2;1,3-7,10H2,2H3,(H,11,12)/b14-11+;. The maximum atomic E-state index is 11.8. The minimum absolute atomic E-state index is 0.0530. The number of ketones is 1. The van der Waals surface area contributed by atoms with Gasteiger partial charge in [-0.2, -0.15) is 0 Å². The van der Waals surface area contributed by atoms with Crippen LogP contribution in [0.3, 0.4) is 0 Å². The Balaban J connectivity index is 0.000000262. The molecule has 0 atom stereocenters. The van der Waals surface area contributed by atoms with E-state index in [9.17, 15) is 9.59 Å². The number of allylic oxidation sites excluding steroid dienone is 1. The average Bonchev–Trinajstić information content (AvgIpc) is 2.77. The molecule has 0 heterocycles. The number of nitrogens with one attached hydrogen (secondary N) is 1. The summed E-state index contributed by atoms with van der Waals surface area (Å²) in [6.45, 7) is 6.70. The molecule has 0 saturated heterocycles. The van der Waals surface area contributed by atoms with E-state index in [1.807, 2.05) is 6.08 Å². The lowest BCUT2D eigenvalue weighted by Gasteiger charge is -2.22. The monoisotopic (exact) mass is 438 g/mol. The van der Waals surface area contributed by atoms with Crippen molar-refractivity contribution in [2.75, 3.05) is 13.1 Å². The predicted octanol–water partition coefficient (Wildman–Crippen LogP) is 5.92. The van der Waals surface area contributed by atoms with E-state index in [0.29, 0.717) is 17.3 Å². The third kappa shape index (κ3) is 9.52. The Hall–Kier alpha value is -2.20. The number of benzene rings is 1. The van der Waals surface area contributed by atoms with Gasteiger partial charge in [0.25, 0.3) is 0 Å². The Morgan fingerprint density at radius 2 is 1.69 bits per heavy atom.